The maximum absolute atomic E-state index is 13.2. The molecule has 3 heterocycles. The molecule has 184 valence electrons. The minimum absolute atomic E-state index is 0.0808. The first-order valence-electron chi connectivity index (χ1n) is 11.0. The van der Waals surface area contributed by atoms with E-state index in [9.17, 15) is 18.0 Å². The molecule has 0 saturated carbocycles. The fraction of sp³-hybridized carbons (Fsp3) is 0.192. The van der Waals surface area contributed by atoms with Gasteiger partial charge in [0.05, 0.1) is 11.2 Å². The molecule has 36 heavy (non-hydrogen) atoms. The Morgan fingerprint density at radius 2 is 1.72 bits per heavy atom. The molecule has 0 amide bonds. The van der Waals surface area contributed by atoms with Crippen LogP contribution in [-0.4, -0.2) is 39.8 Å². The summed E-state index contributed by atoms with van der Waals surface area (Å²) < 4.78 is 41.0. The number of hydrogen-bond donors (Lipinski definition) is 1. The van der Waals surface area contributed by atoms with Gasteiger partial charge in [-0.1, -0.05) is 54.6 Å². The Hall–Kier alpha value is -3.66. The maximum Gasteiger partial charge on any atom is 0.493 e. The molecule has 0 spiro atoms. The lowest BCUT2D eigenvalue weighted by molar-refractivity contribution is -0.199. The summed E-state index contributed by atoms with van der Waals surface area (Å²) in [6, 6.07) is 18.0. The van der Waals surface area contributed by atoms with Crippen LogP contribution in [0.3, 0.4) is 0 Å². The normalized spacial score (nSPS) is 15.0. The van der Waals surface area contributed by atoms with Crippen LogP contribution in [0.5, 0.6) is 0 Å². The molecule has 1 aliphatic rings. The van der Waals surface area contributed by atoms with Crippen LogP contribution in [0.15, 0.2) is 76.3 Å². The van der Waals surface area contributed by atoms with E-state index in [0.717, 1.165) is 22.7 Å². The summed E-state index contributed by atoms with van der Waals surface area (Å²) in [6.45, 7) is 4.80. The number of aliphatic imine (C=N–C) groups is 1. The van der Waals surface area contributed by atoms with Crippen molar-refractivity contribution in [3.63, 3.8) is 0 Å². The molecule has 2 aromatic heterocycles. The Balaban J connectivity index is 1.73. The van der Waals surface area contributed by atoms with Gasteiger partial charge in [0.25, 0.3) is 0 Å². The van der Waals surface area contributed by atoms with Crippen molar-refractivity contribution in [2.24, 2.45) is 4.99 Å². The SMILES string of the molecule is CC1(C)CNC(c2ccc(-c3c(-c4ccccc4)n(OC(=O)C(F)(F)F)c4ncc(Br)cc34)cc2)=N1. The molecule has 1 N–H and O–H groups in total. The predicted molar refractivity (Wildman–Crippen MR) is 135 cm³/mol. The van der Waals surface area contributed by atoms with E-state index in [1.54, 1.807) is 36.4 Å². The van der Waals surface area contributed by atoms with Crippen LogP contribution < -0.4 is 10.2 Å². The number of pyridine rings is 1. The van der Waals surface area contributed by atoms with Gasteiger partial charge in [0.15, 0.2) is 5.65 Å². The zero-order chi connectivity index (χ0) is 25.7. The average Bonchev–Trinajstić information content (AvgIpc) is 3.36. The first-order chi connectivity index (χ1) is 17.0. The molecule has 0 aliphatic carbocycles. The van der Waals surface area contributed by atoms with Crippen LogP contribution in [0, 0.1) is 0 Å². The summed E-state index contributed by atoms with van der Waals surface area (Å²) in [5, 5.41) is 3.82. The number of nitrogens with zero attached hydrogens (tertiary/aromatic N) is 3. The van der Waals surface area contributed by atoms with E-state index in [-0.39, 0.29) is 16.9 Å². The Morgan fingerprint density at radius 3 is 2.33 bits per heavy atom. The number of benzene rings is 2. The Labute approximate surface area is 212 Å². The highest BCUT2D eigenvalue weighted by molar-refractivity contribution is 9.10. The van der Waals surface area contributed by atoms with Crippen LogP contribution in [-0.2, 0) is 4.79 Å². The third kappa shape index (κ3) is 4.48. The highest BCUT2D eigenvalue weighted by atomic mass is 79.9. The third-order valence-corrected chi connectivity index (χ3v) is 6.17. The Kier molecular flexibility index (Phi) is 5.86. The molecule has 4 aromatic rings. The first kappa shape index (κ1) is 24.1. The molecule has 0 fully saturated rings. The summed E-state index contributed by atoms with van der Waals surface area (Å²) in [6.07, 6.45) is -3.74. The zero-order valence-corrected chi connectivity index (χ0v) is 20.8. The van der Waals surface area contributed by atoms with E-state index in [0.29, 0.717) is 26.5 Å². The summed E-state index contributed by atoms with van der Waals surface area (Å²) in [5.74, 6) is -1.56. The summed E-state index contributed by atoms with van der Waals surface area (Å²) in [7, 11) is 0. The molecule has 0 unspecified atom stereocenters. The van der Waals surface area contributed by atoms with Crippen molar-refractivity contribution < 1.29 is 22.8 Å². The standard InChI is InChI=1S/C26H20BrF3N4O2/c1-25(2)14-32-22(33-25)17-10-8-15(9-11-17)20-19-12-18(27)13-31-23(19)34(36-24(35)26(28,29)30)21(20)16-6-4-3-5-7-16/h3-13H,14H2,1-2H3,(H,32,33). The second-order valence-corrected chi connectivity index (χ2v) is 9.90. The second-order valence-electron chi connectivity index (χ2n) is 8.99. The van der Waals surface area contributed by atoms with Gasteiger partial charge in [-0.2, -0.15) is 17.9 Å². The number of halogens is 4. The quantitative estimate of drug-likeness (QED) is 0.346. The van der Waals surface area contributed by atoms with E-state index >= 15 is 0 Å². The molecule has 1 aliphatic heterocycles. The minimum atomic E-state index is -5.18. The smallest absolute Gasteiger partial charge is 0.367 e. The van der Waals surface area contributed by atoms with E-state index < -0.39 is 12.1 Å². The van der Waals surface area contributed by atoms with Gasteiger partial charge in [-0.25, -0.2) is 9.78 Å². The summed E-state index contributed by atoms with van der Waals surface area (Å²) in [5.41, 5.74) is 2.88. The maximum atomic E-state index is 13.2. The van der Waals surface area contributed by atoms with Crippen molar-refractivity contribution in [3.8, 4) is 22.4 Å². The van der Waals surface area contributed by atoms with Crippen molar-refractivity contribution in [1.82, 2.24) is 15.0 Å². The minimum Gasteiger partial charge on any atom is -0.367 e. The lowest BCUT2D eigenvalue weighted by Crippen LogP contribution is -2.33. The van der Waals surface area contributed by atoms with Gasteiger partial charge in [-0.05, 0) is 41.4 Å². The fourth-order valence-corrected chi connectivity index (χ4v) is 4.46. The third-order valence-electron chi connectivity index (χ3n) is 5.74. The van der Waals surface area contributed by atoms with Gasteiger partial charge in [0.1, 0.15) is 5.84 Å². The molecule has 6 nitrogen and oxygen atoms in total. The van der Waals surface area contributed by atoms with Crippen molar-refractivity contribution in [3.05, 3.63) is 76.9 Å². The lowest BCUT2D eigenvalue weighted by atomic mass is 9.98. The highest BCUT2D eigenvalue weighted by Gasteiger charge is 2.43. The fourth-order valence-electron chi connectivity index (χ4n) is 4.13. The van der Waals surface area contributed by atoms with Gasteiger partial charge in [0, 0.05) is 39.3 Å². The number of aromatic nitrogens is 2. The largest absolute Gasteiger partial charge is 0.493 e. The van der Waals surface area contributed by atoms with Gasteiger partial charge < -0.3 is 10.2 Å². The molecule has 10 heteroatoms. The van der Waals surface area contributed by atoms with Crippen LogP contribution in [0.2, 0.25) is 0 Å². The summed E-state index contributed by atoms with van der Waals surface area (Å²) in [4.78, 5) is 25.8. The van der Waals surface area contributed by atoms with Gasteiger partial charge in [-0.3, -0.25) is 4.99 Å². The van der Waals surface area contributed by atoms with Crippen LogP contribution >= 0.6 is 15.9 Å². The number of carbonyl (C=O) groups excluding carboxylic acids is 1. The number of carbonyl (C=O) groups is 1. The number of fused-ring (bicyclic) bond motifs is 1. The van der Waals surface area contributed by atoms with Crippen LogP contribution in [0.4, 0.5) is 13.2 Å². The Morgan fingerprint density at radius 1 is 1.06 bits per heavy atom. The van der Waals surface area contributed by atoms with E-state index in [1.807, 2.05) is 38.1 Å². The van der Waals surface area contributed by atoms with E-state index in [2.05, 4.69) is 26.2 Å². The monoisotopic (exact) mass is 556 g/mol. The molecule has 0 atom stereocenters. The van der Waals surface area contributed by atoms with Crippen molar-refractivity contribution in [2.75, 3.05) is 6.54 Å². The van der Waals surface area contributed by atoms with Crippen molar-refractivity contribution in [2.45, 2.75) is 25.6 Å². The van der Waals surface area contributed by atoms with Crippen molar-refractivity contribution >= 4 is 38.8 Å². The molecule has 0 saturated heterocycles. The highest BCUT2D eigenvalue weighted by Crippen LogP contribution is 2.41. The first-order valence-corrected chi connectivity index (χ1v) is 11.8. The number of amidine groups is 1. The van der Waals surface area contributed by atoms with Gasteiger partial charge >= 0.3 is 12.1 Å². The molecule has 0 bridgehead atoms. The van der Waals surface area contributed by atoms with E-state index in [4.69, 9.17) is 9.83 Å². The number of alkyl halides is 3. The van der Waals surface area contributed by atoms with Crippen LogP contribution in [0.25, 0.3) is 33.4 Å². The van der Waals surface area contributed by atoms with Gasteiger partial charge in [-0.15, -0.1) is 0 Å². The molecular weight excluding hydrogens is 537 g/mol. The number of hydrogen-bond acceptors (Lipinski definition) is 5. The Bertz CT molecular complexity index is 1490. The lowest BCUT2D eigenvalue weighted by Gasteiger charge is -2.13. The van der Waals surface area contributed by atoms with E-state index in [1.165, 1.54) is 6.20 Å². The molecule has 2 aromatic carbocycles. The summed E-state index contributed by atoms with van der Waals surface area (Å²) >= 11 is 3.40. The number of nitrogens with one attached hydrogen (secondary N) is 1. The average molecular weight is 557 g/mol. The zero-order valence-electron chi connectivity index (χ0n) is 19.2. The van der Waals surface area contributed by atoms with Crippen LogP contribution in [0.1, 0.15) is 19.4 Å². The second kappa shape index (κ2) is 8.77. The number of rotatable bonds is 4. The topological polar surface area (TPSA) is 68.5 Å². The molecular formula is C26H20BrF3N4O2. The van der Waals surface area contributed by atoms with Gasteiger partial charge in [0.2, 0.25) is 0 Å². The molecule has 5 rings (SSSR count). The molecule has 0 radical (unpaired) electrons. The predicted octanol–water partition coefficient (Wildman–Crippen LogP) is 5.78. The van der Waals surface area contributed by atoms with Crippen molar-refractivity contribution in [1.29, 1.82) is 0 Å².